The lowest BCUT2D eigenvalue weighted by atomic mass is 9.99. The van der Waals surface area contributed by atoms with Crippen LogP contribution in [0.1, 0.15) is 18.4 Å². The normalized spacial score (nSPS) is 21.7. The Morgan fingerprint density at radius 1 is 1.41 bits per heavy atom. The largest absolute Gasteiger partial charge is 0.299 e. The second-order valence-electron chi connectivity index (χ2n) is 4.65. The fourth-order valence-corrected chi connectivity index (χ4v) is 2.77. The summed E-state index contributed by atoms with van der Waals surface area (Å²) in [5.41, 5.74) is 1.06. The molecule has 1 aliphatic heterocycles. The molecule has 1 aliphatic rings. The third-order valence-electron chi connectivity index (χ3n) is 3.21. The number of rotatable bonds is 3. The maximum Gasteiger partial charge on any atom is 0.141 e. The molecule has 1 nitrogen and oxygen atoms in total. The van der Waals surface area contributed by atoms with E-state index < -0.39 is 0 Å². The zero-order valence-electron chi connectivity index (χ0n) is 9.63. The Hall–Kier alpha value is -0.310. The van der Waals surface area contributed by atoms with Crippen LogP contribution < -0.4 is 0 Å². The molecule has 0 N–H and O–H groups in total. The van der Waals surface area contributed by atoms with Gasteiger partial charge >= 0.3 is 0 Å². The molecule has 94 valence electrons. The predicted molar refractivity (Wildman–Crippen MR) is 70.1 cm³/mol. The van der Waals surface area contributed by atoms with Crippen LogP contribution in [-0.4, -0.2) is 23.9 Å². The molecule has 1 aromatic rings. The molecule has 1 aromatic carbocycles. The van der Waals surface area contributed by atoms with Gasteiger partial charge < -0.3 is 0 Å². The predicted octanol–water partition coefficient (Wildman–Crippen LogP) is 3.93. The Morgan fingerprint density at radius 3 is 2.94 bits per heavy atom. The van der Waals surface area contributed by atoms with E-state index in [1.54, 1.807) is 12.1 Å². The highest BCUT2D eigenvalue weighted by molar-refractivity contribution is 6.30. The highest BCUT2D eigenvalue weighted by Gasteiger charge is 2.19. The number of halogens is 3. The summed E-state index contributed by atoms with van der Waals surface area (Å²) in [5.74, 6) is 0.953. The van der Waals surface area contributed by atoms with E-state index in [4.69, 9.17) is 23.2 Å². The molecule has 1 heterocycles. The molecule has 0 bridgehead atoms. The van der Waals surface area contributed by atoms with Crippen molar-refractivity contribution in [1.29, 1.82) is 0 Å². The van der Waals surface area contributed by atoms with Crippen LogP contribution in [0.2, 0.25) is 5.02 Å². The third-order valence-corrected chi connectivity index (χ3v) is 3.94. The van der Waals surface area contributed by atoms with Crippen molar-refractivity contribution in [2.45, 2.75) is 19.4 Å². The summed E-state index contributed by atoms with van der Waals surface area (Å²) in [4.78, 5) is 2.36. The molecule has 1 unspecified atom stereocenters. The van der Waals surface area contributed by atoms with Crippen molar-refractivity contribution in [1.82, 2.24) is 4.90 Å². The second-order valence-corrected chi connectivity index (χ2v) is 5.36. The summed E-state index contributed by atoms with van der Waals surface area (Å²) in [6.07, 6.45) is 2.40. The highest BCUT2D eigenvalue weighted by atomic mass is 35.5. The van der Waals surface area contributed by atoms with Gasteiger partial charge in [0, 0.05) is 19.0 Å². The quantitative estimate of drug-likeness (QED) is 0.756. The average molecular weight is 276 g/mol. The SMILES string of the molecule is Fc1ccc(CN2CCCC(CCl)C2)cc1Cl. The average Bonchev–Trinajstić information content (AvgIpc) is 2.34. The van der Waals surface area contributed by atoms with Crippen LogP contribution in [0.5, 0.6) is 0 Å². The lowest BCUT2D eigenvalue weighted by Crippen LogP contribution is -2.35. The lowest BCUT2D eigenvalue weighted by molar-refractivity contribution is 0.178. The molecule has 0 aliphatic carbocycles. The van der Waals surface area contributed by atoms with Crippen molar-refractivity contribution in [3.63, 3.8) is 0 Å². The van der Waals surface area contributed by atoms with Gasteiger partial charge in [-0.05, 0) is 43.0 Å². The van der Waals surface area contributed by atoms with E-state index in [-0.39, 0.29) is 10.8 Å². The van der Waals surface area contributed by atoms with E-state index in [0.717, 1.165) is 31.1 Å². The maximum absolute atomic E-state index is 13.0. The van der Waals surface area contributed by atoms with Crippen LogP contribution in [0, 0.1) is 11.7 Å². The van der Waals surface area contributed by atoms with Crippen molar-refractivity contribution in [2.75, 3.05) is 19.0 Å². The van der Waals surface area contributed by atoms with Crippen molar-refractivity contribution >= 4 is 23.2 Å². The monoisotopic (exact) mass is 275 g/mol. The van der Waals surface area contributed by atoms with Crippen molar-refractivity contribution in [3.8, 4) is 0 Å². The molecular formula is C13H16Cl2FN. The molecule has 2 rings (SSSR count). The number of alkyl halides is 1. The number of hydrogen-bond acceptors (Lipinski definition) is 1. The lowest BCUT2D eigenvalue weighted by Gasteiger charge is -2.31. The first-order valence-corrected chi connectivity index (χ1v) is 6.82. The number of hydrogen-bond donors (Lipinski definition) is 0. The van der Waals surface area contributed by atoms with E-state index in [0.29, 0.717) is 5.92 Å². The number of likely N-dealkylation sites (tertiary alicyclic amines) is 1. The summed E-state index contributed by atoms with van der Waals surface area (Å²) in [6, 6.07) is 4.94. The Bertz CT molecular complexity index is 384. The van der Waals surface area contributed by atoms with E-state index in [1.165, 1.54) is 18.9 Å². The van der Waals surface area contributed by atoms with Gasteiger partial charge in [0.25, 0.3) is 0 Å². The smallest absolute Gasteiger partial charge is 0.141 e. The Kier molecular flexibility index (Phi) is 4.66. The molecule has 1 fully saturated rings. The molecular weight excluding hydrogens is 260 g/mol. The molecule has 0 spiro atoms. The molecule has 0 amide bonds. The molecule has 0 aromatic heterocycles. The van der Waals surface area contributed by atoms with Crippen molar-refractivity contribution in [2.24, 2.45) is 5.92 Å². The van der Waals surface area contributed by atoms with Gasteiger partial charge in [-0.3, -0.25) is 4.90 Å². The van der Waals surface area contributed by atoms with E-state index >= 15 is 0 Å². The summed E-state index contributed by atoms with van der Waals surface area (Å²) < 4.78 is 13.0. The Morgan fingerprint density at radius 2 is 2.24 bits per heavy atom. The zero-order chi connectivity index (χ0) is 12.3. The first kappa shape index (κ1) is 13.1. The van der Waals surface area contributed by atoms with Gasteiger partial charge in [-0.2, -0.15) is 0 Å². The van der Waals surface area contributed by atoms with E-state index in [9.17, 15) is 4.39 Å². The van der Waals surface area contributed by atoms with Crippen LogP contribution in [0.4, 0.5) is 4.39 Å². The van der Waals surface area contributed by atoms with Gasteiger partial charge in [-0.25, -0.2) is 4.39 Å². The molecule has 0 radical (unpaired) electrons. The number of benzene rings is 1. The minimum atomic E-state index is -0.354. The van der Waals surface area contributed by atoms with Crippen LogP contribution in [0.25, 0.3) is 0 Å². The van der Waals surface area contributed by atoms with Gasteiger partial charge in [0.1, 0.15) is 5.82 Å². The Labute approximate surface area is 112 Å². The topological polar surface area (TPSA) is 3.24 Å². The fraction of sp³-hybridized carbons (Fsp3) is 0.538. The Balaban J connectivity index is 1.97. The highest BCUT2D eigenvalue weighted by Crippen LogP contribution is 2.21. The van der Waals surface area contributed by atoms with Gasteiger partial charge in [0.15, 0.2) is 0 Å². The van der Waals surface area contributed by atoms with Gasteiger partial charge in [-0.1, -0.05) is 17.7 Å². The fourth-order valence-electron chi connectivity index (χ4n) is 2.32. The van der Waals surface area contributed by atoms with Crippen LogP contribution in [0.15, 0.2) is 18.2 Å². The van der Waals surface area contributed by atoms with Gasteiger partial charge in [-0.15, -0.1) is 11.6 Å². The first-order valence-electron chi connectivity index (χ1n) is 5.91. The maximum atomic E-state index is 13.0. The molecule has 17 heavy (non-hydrogen) atoms. The second kappa shape index (κ2) is 6.03. The summed E-state index contributed by atoms with van der Waals surface area (Å²) >= 11 is 11.7. The third kappa shape index (κ3) is 3.57. The molecule has 4 heteroatoms. The summed E-state index contributed by atoms with van der Waals surface area (Å²) in [5, 5.41) is 0.202. The molecule has 1 atom stereocenters. The van der Waals surface area contributed by atoms with E-state index in [2.05, 4.69) is 4.90 Å². The van der Waals surface area contributed by atoms with Crippen LogP contribution in [-0.2, 0) is 6.54 Å². The standard InChI is InChI=1S/C13H16Cl2FN/c14-7-11-2-1-5-17(9-11)8-10-3-4-13(16)12(15)6-10/h3-4,6,11H,1-2,5,7-9H2. The minimum absolute atomic E-state index is 0.202. The molecule has 1 saturated heterocycles. The number of nitrogens with zero attached hydrogens (tertiary/aromatic N) is 1. The minimum Gasteiger partial charge on any atom is -0.299 e. The van der Waals surface area contributed by atoms with E-state index in [1.807, 2.05) is 0 Å². The summed E-state index contributed by atoms with van der Waals surface area (Å²) in [6.45, 7) is 2.94. The van der Waals surface area contributed by atoms with Gasteiger partial charge in [0.2, 0.25) is 0 Å². The first-order chi connectivity index (χ1) is 8.19. The summed E-state index contributed by atoms with van der Waals surface area (Å²) in [7, 11) is 0. The van der Waals surface area contributed by atoms with Crippen molar-refractivity contribution in [3.05, 3.63) is 34.6 Å². The van der Waals surface area contributed by atoms with Crippen LogP contribution >= 0.6 is 23.2 Å². The number of piperidine rings is 1. The van der Waals surface area contributed by atoms with Crippen molar-refractivity contribution < 1.29 is 4.39 Å². The van der Waals surface area contributed by atoms with Gasteiger partial charge in [0.05, 0.1) is 5.02 Å². The zero-order valence-corrected chi connectivity index (χ0v) is 11.1. The molecule has 0 saturated carbocycles. The van der Waals surface area contributed by atoms with Crippen LogP contribution in [0.3, 0.4) is 0 Å².